The molecule has 0 amide bonds. The van der Waals surface area contributed by atoms with Crippen molar-refractivity contribution in [2.45, 2.75) is 13.0 Å². The van der Waals surface area contributed by atoms with E-state index in [2.05, 4.69) is 0 Å². The van der Waals surface area contributed by atoms with Crippen LogP contribution in [-0.4, -0.2) is 34.0 Å². The van der Waals surface area contributed by atoms with Crippen LogP contribution in [0.5, 0.6) is 0 Å². The van der Waals surface area contributed by atoms with Gasteiger partial charge in [0.25, 0.3) is 0 Å². The molecule has 0 fully saturated rings. The molecule has 1 rings (SSSR count). The first-order valence-electron chi connectivity index (χ1n) is 5.74. The zero-order valence-corrected chi connectivity index (χ0v) is 11.2. The predicted octanol–water partition coefficient (Wildman–Crippen LogP) is 1.07. The van der Waals surface area contributed by atoms with Gasteiger partial charge in [0.2, 0.25) is 10.0 Å². The topological polar surface area (TPSA) is 78.6 Å². The van der Waals surface area contributed by atoms with E-state index >= 15 is 0 Å². The van der Waals surface area contributed by atoms with Gasteiger partial charge in [0, 0.05) is 0 Å². The smallest absolute Gasteiger partial charge is 0.211 e. The van der Waals surface area contributed by atoms with Gasteiger partial charge in [-0.05, 0) is 12.5 Å². The van der Waals surface area contributed by atoms with E-state index < -0.39 is 10.0 Å². The van der Waals surface area contributed by atoms with Crippen molar-refractivity contribution in [2.24, 2.45) is 5.14 Å². The van der Waals surface area contributed by atoms with Crippen LogP contribution >= 0.6 is 0 Å². The SMILES string of the molecule is CC(OCCOCCS(N)(=O)=O)c1ccccc1. The molecule has 0 bridgehead atoms. The molecule has 0 spiro atoms. The first-order chi connectivity index (χ1) is 8.49. The molecule has 0 heterocycles. The molecule has 1 aromatic carbocycles. The van der Waals surface area contributed by atoms with Crippen molar-refractivity contribution < 1.29 is 17.9 Å². The monoisotopic (exact) mass is 273 g/mol. The summed E-state index contributed by atoms with van der Waals surface area (Å²) in [5.41, 5.74) is 1.10. The van der Waals surface area contributed by atoms with E-state index in [1.807, 2.05) is 37.3 Å². The number of rotatable bonds is 8. The summed E-state index contributed by atoms with van der Waals surface area (Å²) in [6.45, 7) is 2.83. The molecule has 0 saturated heterocycles. The lowest BCUT2D eigenvalue weighted by molar-refractivity contribution is 0.0150. The van der Waals surface area contributed by atoms with Crippen LogP contribution < -0.4 is 5.14 Å². The van der Waals surface area contributed by atoms with E-state index in [0.29, 0.717) is 13.2 Å². The van der Waals surface area contributed by atoms with Crippen LogP contribution in [0.3, 0.4) is 0 Å². The highest BCUT2D eigenvalue weighted by molar-refractivity contribution is 7.89. The molecule has 18 heavy (non-hydrogen) atoms. The lowest BCUT2D eigenvalue weighted by Gasteiger charge is -2.13. The normalized spacial score (nSPS) is 13.4. The molecule has 1 unspecified atom stereocenters. The maximum atomic E-state index is 10.6. The highest BCUT2D eigenvalue weighted by Crippen LogP contribution is 2.15. The standard InChI is InChI=1S/C12H19NO4S/c1-11(12-5-3-2-4-6-12)17-8-7-16-9-10-18(13,14)15/h2-6,11H,7-10H2,1H3,(H2,13,14,15). The van der Waals surface area contributed by atoms with Crippen molar-refractivity contribution in [3.05, 3.63) is 35.9 Å². The van der Waals surface area contributed by atoms with Crippen LogP contribution in [0.25, 0.3) is 0 Å². The molecule has 0 aromatic heterocycles. The fourth-order valence-corrected chi connectivity index (χ4v) is 1.73. The summed E-state index contributed by atoms with van der Waals surface area (Å²) in [5.74, 6) is -0.165. The fourth-order valence-electron chi connectivity index (χ4n) is 1.38. The molecule has 0 saturated carbocycles. The molecule has 6 heteroatoms. The molecular weight excluding hydrogens is 254 g/mol. The Hall–Kier alpha value is -0.950. The van der Waals surface area contributed by atoms with Crippen LogP contribution in [0.4, 0.5) is 0 Å². The maximum Gasteiger partial charge on any atom is 0.211 e. The third-order valence-corrected chi connectivity index (χ3v) is 3.11. The maximum absolute atomic E-state index is 10.6. The van der Waals surface area contributed by atoms with Gasteiger partial charge in [0.15, 0.2) is 0 Å². The Bertz CT molecular complexity index is 433. The Labute approximate surface area is 108 Å². The number of ether oxygens (including phenoxy) is 2. The second-order valence-corrected chi connectivity index (χ2v) is 5.64. The first kappa shape index (κ1) is 15.1. The van der Waals surface area contributed by atoms with Crippen LogP contribution in [-0.2, 0) is 19.5 Å². The molecule has 102 valence electrons. The van der Waals surface area contributed by atoms with E-state index in [1.165, 1.54) is 0 Å². The van der Waals surface area contributed by atoms with Crippen molar-refractivity contribution in [1.82, 2.24) is 0 Å². The second kappa shape index (κ2) is 7.48. The number of primary sulfonamides is 1. The number of nitrogens with two attached hydrogens (primary N) is 1. The molecular formula is C12H19NO4S. The van der Waals surface area contributed by atoms with Gasteiger partial charge in [-0.1, -0.05) is 30.3 Å². The van der Waals surface area contributed by atoms with Crippen molar-refractivity contribution in [1.29, 1.82) is 0 Å². The van der Waals surface area contributed by atoms with Gasteiger partial charge in [-0.3, -0.25) is 0 Å². The van der Waals surface area contributed by atoms with Crippen LogP contribution in [0, 0.1) is 0 Å². The molecule has 0 aliphatic rings. The molecule has 0 aliphatic heterocycles. The average molecular weight is 273 g/mol. The summed E-state index contributed by atoms with van der Waals surface area (Å²) in [6.07, 6.45) is -0.00644. The molecule has 0 radical (unpaired) electrons. The van der Waals surface area contributed by atoms with Gasteiger partial charge in [0.05, 0.1) is 31.7 Å². The number of hydrogen-bond donors (Lipinski definition) is 1. The Morgan fingerprint density at radius 1 is 1.17 bits per heavy atom. The third-order valence-electron chi connectivity index (χ3n) is 2.38. The van der Waals surface area contributed by atoms with Gasteiger partial charge < -0.3 is 9.47 Å². The summed E-state index contributed by atoms with van der Waals surface area (Å²) in [5, 5.41) is 4.84. The highest BCUT2D eigenvalue weighted by Gasteiger charge is 2.05. The van der Waals surface area contributed by atoms with Crippen LogP contribution in [0.15, 0.2) is 30.3 Å². The van der Waals surface area contributed by atoms with Gasteiger partial charge in [0.1, 0.15) is 0 Å². The Morgan fingerprint density at radius 2 is 1.83 bits per heavy atom. The minimum Gasteiger partial charge on any atom is -0.378 e. The van der Waals surface area contributed by atoms with Crippen molar-refractivity contribution in [2.75, 3.05) is 25.6 Å². The lowest BCUT2D eigenvalue weighted by atomic mass is 10.1. The van der Waals surface area contributed by atoms with E-state index in [-0.39, 0.29) is 18.5 Å². The molecule has 5 nitrogen and oxygen atoms in total. The summed E-state index contributed by atoms with van der Waals surface area (Å²) < 4.78 is 31.9. The van der Waals surface area contributed by atoms with E-state index in [0.717, 1.165) is 5.56 Å². The number of hydrogen-bond acceptors (Lipinski definition) is 4. The van der Waals surface area contributed by atoms with Crippen molar-refractivity contribution >= 4 is 10.0 Å². The predicted molar refractivity (Wildman–Crippen MR) is 69.6 cm³/mol. The van der Waals surface area contributed by atoms with Crippen molar-refractivity contribution in [3.63, 3.8) is 0 Å². The number of benzene rings is 1. The number of sulfonamides is 1. The van der Waals surface area contributed by atoms with Gasteiger partial charge >= 0.3 is 0 Å². The quantitative estimate of drug-likeness (QED) is 0.719. The van der Waals surface area contributed by atoms with Crippen LogP contribution in [0.1, 0.15) is 18.6 Å². The Balaban J connectivity index is 2.12. The zero-order valence-electron chi connectivity index (χ0n) is 10.4. The fraction of sp³-hybridized carbons (Fsp3) is 0.500. The molecule has 1 aromatic rings. The minimum atomic E-state index is -3.44. The molecule has 2 N–H and O–H groups in total. The molecule has 1 atom stereocenters. The van der Waals surface area contributed by atoms with Crippen molar-refractivity contribution in [3.8, 4) is 0 Å². The van der Waals surface area contributed by atoms with Gasteiger partial charge in [-0.15, -0.1) is 0 Å². The van der Waals surface area contributed by atoms with Gasteiger partial charge in [-0.2, -0.15) is 0 Å². The van der Waals surface area contributed by atoms with Crippen LogP contribution in [0.2, 0.25) is 0 Å². The highest BCUT2D eigenvalue weighted by atomic mass is 32.2. The summed E-state index contributed by atoms with van der Waals surface area (Å²) in [7, 11) is -3.44. The Morgan fingerprint density at radius 3 is 2.44 bits per heavy atom. The summed E-state index contributed by atoms with van der Waals surface area (Å²) in [4.78, 5) is 0. The summed E-state index contributed by atoms with van der Waals surface area (Å²) in [6, 6.07) is 9.85. The van der Waals surface area contributed by atoms with Gasteiger partial charge in [-0.25, -0.2) is 13.6 Å². The van der Waals surface area contributed by atoms with E-state index in [4.69, 9.17) is 14.6 Å². The molecule has 0 aliphatic carbocycles. The second-order valence-electron chi connectivity index (χ2n) is 3.90. The third kappa shape index (κ3) is 6.70. The lowest BCUT2D eigenvalue weighted by Crippen LogP contribution is -2.21. The minimum absolute atomic E-state index is 0.00644. The summed E-state index contributed by atoms with van der Waals surface area (Å²) >= 11 is 0. The van der Waals surface area contributed by atoms with E-state index in [1.54, 1.807) is 0 Å². The largest absolute Gasteiger partial charge is 0.378 e. The average Bonchev–Trinajstić information content (AvgIpc) is 2.33. The first-order valence-corrected chi connectivity index (χ1v) is 7.45. The zero-order chi connectivity index (χ0) is 13.4. The Kier molecular flexibility index (Phi) is 6.28. The van der Waals surface area contributed by atoms with E-state index in [9.17, 15) is 8.42 Å².